The molecule has 1 aromatic carbocycles. The minimum Gasteiger partial charge on any atom is -0.444 e. The highest BCUT2D eigenvalue weighted by Gasteiger charge is 2.55. The van der Waals surface area contributed by atoms with Crippen molar-refractivity contribution in [3.8, 4) is 0 Å². The summed E-state index contributed by atoms with van der Waals surface area (Å²) in [6.07, 6.45) is -0.436. The summed E-state index contributed by atoms with van der Waals surface area (Å²) < 4.78 is 5.21. The predicted molar refractivity (Wildman–Crippen MR) is 80.8 cm³/mol. The van der Waals surface area contributed by atoms with Gasteiger partial charge in [0.05, 0.1) is 0 Å². The largest absolute Gasteiger partial charge is 0.444 e. The molecule has 0 spiro atoms. The molecule has 1 aliphatic rings. The van der Waals surface area contributed by atoms with E-state index in [0.29, 0.717) is 5.92 Å². The second-order valence-electron chi connectivity index (χ2n) is 7.07. The molecule has 1 saturated carbocycles. The Hall–Kier alpha value is -1.55. The smallest absolute Gasteiger partial charge is 0.412 e. The molecule has 1 amide bonds. The first-order chi connectivity index (χ1) is 9.11. The number of hydrogen-bond acceptors (Lipinski definition) is 3. The quantitative estimate of drug-likeness (QED) is 0.869. The van der Waals surface area contributed by atoms with Gasteiger partial charge in [0, 0.05) is 17.6 Å². The zero-order chi connectivity index (χ0) is 15.1. The Labute approximate surface area is 120 Å². The first-order valence-electron chi connectivity index (χ1n) is 6.97. The van der Waals surface area contributed by atoms with Crippen molar-refractivity contribution in [3.63, 3.8) is 0 Å². The average Bonchev–Trinajstić information content (AvgIpc) is 2.77. The maximum Gasteiger partial charge on any atom is 0.412 e. The van der Waals surface area contributed by atoms with Crippen LogP contribution < -0.4 is 11.1 Å². The van der Waals surface area contributed by atoms with E-state index in [4.69, 9.17) is 10.5 Å². The number of carbonyl (C=O) groups excluding carboxylic acids is 1. The maximum absolute atomic E-state index is 11.7. The molecule has 3 N–H and O–H groups in total. The molecule has 1 fully saturated rings. The molecule has 20 heavy (non-hydrogen) atoms. The van der Waals surface area contributed by atoms with Gasteiger partial charge in [0.2, 0.25) is 0 Å². The normalized spacial score (nSPS) is 24.1. The van der Waals surface area contributed by atoms with Crippen LogP contribution in [0.5, 0.6) is 0 Å². The Bertz CT molecular complexity index is 500. The molecule has 4 heteroatoms. The van der Waals surface area contributed by atoms with Gasteiger partial charge in [0.15, 0.2) is 0 Å². The lowest BCUT2D eigenvalue weighted by atomic mass is 10.0. The van der Waals surface area contributed by atoms with Crippen molar-refractivity contribution in [2.75, 3.05) is 5.32 Å². The minimum atomic E-state index is -0.491. The van der Waals surface area contributed by atoms with Gasteiger partial charge in [0.1, 0.15) is 5.60 Å². The predicted octanol–water partition coefficient (Wildman–Crippen LogP) is 3.48. The highest BCUT2D eigenvalue weighted by Crippen LogP contribution is 2.57. The number of nitrogens with one attached hydrogen (secondary N) is 1. The van der Waals surface area contributed by atoms with Crippen LogP contribution in [0.2, 0.25) is 0 Å². The summed E-state index contributed by atoms with van der Waals surface area (Å²) in [6.45, 7) is 9.87. The zero-order valence-electron chi connectivity index (χ0n) is 12.9. The van der Waals surface area contributed by atoms with Gasteiger partial charge in [-0.25, -0.2) is 4.79 Å². The molecule has 0 unspecified atom stereocenters. The summed E-state index contributed by atoms with van der Waals surface area (Å²) in [5.41, 5.74) is 7.70. The summed E-state index contributed by atoms with van der Waals surface area (Å²) >= 11 is 0. The average molecular weight is 276 g/mol. The SMILES string of the molecule is CC(C)(C)OC(=O)Nc1ccc([C@H]2[C@H](N)C2(C)C)cc1. The molecule has 0 saturated heterocycles. The third kappa shape index (κ3) is 3.12. The van der Waals surface area contributed by atoms with Crippen LogP contribution in [0.1, 0.15) is 46.1 Å². The van der Waals surface area contributed by atoms with E-state index < -0.39 is 11.7 Å². The van der Waals surface area contributed by atoms with Crippen molar-refractivity contribution in [3.05, 3.63) is 29.8 Å². The van der Waals surface area contributed by atoms with E-state index in [9.17, 15) is 4.79 Å². The molecule has 4 nitrogen and oxygen atoms in total. The topological polar surface area (TPSA) is 64.3 Å². The van der Waals surface area contributed by atoms with Crippen molar-refractivity contribution in [1.82, 2.24) is 0 Å². The number of rotatable bonds is 2. The molecule has 0 radical (unpaired) electrons. The Kier molecular flexibility index (Phi) is 3.54. The molecule has 0 bridgehead atoms. The van der Waals surface area contributed by atoms with Crippen LogP contribution in [0.25, 0.3) is 0 Å². The number of hydrogen-bond donors (Lipinski definition) is 2. The monoisotopic (exact) mass is 276 g/mol. The van der Waals surface area contributed by atoms with Crippen LogP contribution in [0.3, 0.4) is 0 Å². The summed E-state index contributed by atoms with van der Waals surface area (Å²) in [4.78, 5) is 11.7. The van der Waals surface area contributed by atoms with Gasteiger partial charge in [-0.2, -0.15) is 0 Å². The van der Waals surface area contributed by atoms with Crippen LogP contribution in [-0.2, 0) is 4.74 Å². The fourth-order valence-corrected chi connectivity index (χ4v) is 2.51. The molecular formula is C16H24N2O2. The van der Waals surface area contributed by atoms with Crippen molar-refractivity contribution in [2.45, 2.75) is 52.2 Å². The van der Waals surface area contributed by atoms with Crippen molar-refractivity contribution in [1.29, 1.82) is 0 Å². The highest BCUT2D eigenvalue weighted by atomic mass is 16.6. The second kappa shape index (κ2) is 4.77. The van der Waals surface area contributed by atoms with E-state index in [2.05, 4.69) is 19.2 Å². The van der Waals surface area contributed by atoms with Gasteiger partial charge in [0.25, 0.3) is 0 Å². The van der Waals surface area contributed by atoms with Gasteiger partial charge >= 0.3 is 6.09 Å². The van der Waals surface area contributed by atoms with Gasteiger partial charge in [-0.15, -0.1) is 0 Å². The summed E-state index contributed by atoms with van der Waals surface area (Å²) in [6, 6.07) is 8.03. The Morgan fingerprint density at radius 1 is 1.25 bits per heavy atom. The highest BCUT2D eigenvalue weighted by molar-refractivity contribution is 5.84. The van der Waals surface area contributed by atoms with Crippen LogP contribution >= 0.6 is 0 Å². The number of anilines is 1. The van der Waals surface area contributed by atoms with Gasteiger partial charge < -0.3 is 10.5 Å². The Morgan fingerprint density at radius 3 is 2.15 bits per heavy atom. The first kappa shape index (κ1) is 14.9. The van der Waals surface area contributed by atoms with E-state index in [-0.39, 0.29) is 11.5 Å². The lowest BCUT2D eigenvalue weighted by molar-refractivity contribution is 0.0636. The standard InChI is InChI=1S/C16H24N2O2/c1-15(2,3)20-14(19)18-11-8-6-10(7-9-11)12-13(17)16(12,4)5/h6-9,12-13H,17H2,1-5H3,(H,18,19)/t12-,13-/m0/s1. The van der Waals surface area contributed by atoms with Gasteiger partial charge in [-0.3, -0.25) is 5.32 Å². The molecule has 0 heterocycles. The molecule has 0 aliphatic heterocycles. The fraction of sp³-hybridized carbons (Fsp3) is 0.562. The molecule has 0 aromatic heterocycles. The summed E-state index contributed by atoms with van der Waals surface area (Å²) in [5.74, 6) is 0.401. The third-order valence-electron chi connectivity index (χ3n) is 3.83. The third-order valence-corrected chi connectivity index (χ3v) is 3.83. The molecule has 2 rings (SSSR count). The fourth-order valence-electron chi connectivity index (χ4n) is 2.51. The van der Waals surface area contributed by atoms with E-state index in [1.165, 1.54) is 5.56 Å². The lowest BCUT2D eigenvalue weighted by Crippen LogP contribution is -2.27. The van der Waals surface area contributed by atoms with E-state index in [1.54, 1.807) is 0 Å². The van der Waals surface area contributed by atoms with Crippen LogP contribution in [-0.4, -0.2) is 17.7 Å². The number of benzene rings is 1. The van der Waals surface area contributed by atoms with Crippen LogP contribution in [0.15, 0.2) is 24.3 Å². The minimum absolute atomic E-state index is 0.167. The molecule has 2 atom stereocenters. The number of amides is 1. The maximum atomic E-state index is 11.7. The molecule has 110 valence electrons. The molecule has 1 aromatic rings. The van der Waals surface area contributed by atoms with Crippen molar-refractivity contribution >= 4 is 11.8 Å². The first-order valence-corrected chi connectivity index (χ1v) is 6.97. The van der Waals surface area contributed by atoms with Gasteiger partial charge in [-0.1, -0.05) is 26.0 Å². The lowest BCUT2D eigenvalue weighted by Gasteiger charge is -2.19. The summed E-state index contributed by atoms with van der Waals surface area (Å²) in [5, 5.41) is 2.72. The van der Waals surface area contributed by atoms with Crippen LogP contribution in [0, 0.1) is 5.41 Å². The Balaban J connectivity index is 1.98. The van der Waals surface area contributed by atoms with Crippen LogP contribution in [0.4, 0.5) is 10.5 Å². The number of carbonyl (C=O) groups is 1. The van der Waals surface area contributed by atoms with E-state index in [1.807, 2.05) is 45.0 Å². The summed E-state index contributed by atoms with van der Waals surface area (Å²) in [7, 11) is 0. The molecular weight excluding hydrogens is 252 g/mol. The van der Waals surface area contributed by atoms with E-state index >= 15 is 0 Å². The molecule has 1 aliphatic carbocycles. The van der Waals surface area contributed by atoms with Crippen molar-refractivity contribution in [2.24, 2.45) is 11.1 Å². The number of nitrogens with two attached hydrogens (primary N) is 1. The second-order valence-corrected chi connectivity index (χ2v) is 7.07. The van der Waals surface area contributed by atoms with Crippen molar-refractivity contribution < 1.29 is 9.53 Å². The zero-order valence-corrected chi connectivity index (χ0v) is 12.9. The van der Waals surface area contributed by atoms with E-state index in [0.717, 1.165) is 5.69 Å². The Morgan fingerprint density at radius 2 is 1.75 bits per heavy atom. The van der Waals surface area contributed by atoms with Gasteiger partial charge in [-0.05, 0) is 43.9 Å². The number of ether oxygens (including phenoxy) is 1.